The van der Waals surface area contributed by atoms with Gasteiger partial charge in [0, 0.05) is 24.4 Å². The summed E-state index contributed by atoms with van der Waals surface area (Å²) in [7, 11) is 0. The van der Waals surface area contributed by atoms with Crippen molar-refractivity contribution in [2.24, 2.45) is 11.3 Å². The molecule has 25 heavy (non-hydrogen) atoms. The maximum Gasteiger partial charge on any atom is 0.225 e. The van der Waals surface area contributed by atoms with Gasteiger partial charge in [-0.3, -0.25) is 4.79 Å². The molecule has 3 nitrogen and oxygen atoms in total. The molecule has 1 amide bonds. The van der Waals surface area contributed by atoms with Crippen molar-refractivity contribution in [1.82, 2.24) is 4.90 Å². The number of amides is 1. The number of hydrogen-bond donors (Lipinski definition) is 1. The normalized spacial score (nSPS) is 33.4. The Bertz CT molecular complexity index is 664. The second kappa shape index (κ2) is 5.84. The van der Waals surface area contributed by atoms with E-state index in [0.717, 1.165) is 13.1 Å². The summed E-state index contributed by atoms with van der Waals surface area (Å²) < 4.78 is 0. The Hall–Kier alpha value is -1.35. The van der Waals surface area contributed by atoms with Crippen LogP contribution in [-0.4, -0.2) is 34.6 Å². The van der Waals surface area contributed by atoms with Crippen molar-refractivity contribution in [2.45, 2.75) is 70.3 Å². The van der Waals surface area contributed by atoms with Crippen molar-refractivity contribution >= 4 is 5.91 Å². The van der Waals surface area contributed by atoms with E-state index < -0.39 is 5.60 Å². The Morgan fingerprint density at radius 2 is 1.96 bits per heavy atom. The average molecular weight is 341 g/mol. The van der Waals surface area contributed by atoms with E-state index in [1.165, 1.54) is 30.4 Å². The number of nitrogens with zero attached hydrogens (tertiary/aromatic N) is 1. The van der Waals surface area contributed by atoms with E-state index in [1.54, 1.807) is 0 Å². The molecule has 4 rings (SSSR count). The summed E-state index contributed by atoms with van der Waals surface area (Å²) in [4.78, 5) is 14.6. The minimum Gasteiger partial charge on any atom is -0.390 e. The quantitative estimate of drug-likeness (QED) is 0.900. The number of carbonyl (C=O) groups is 1. The third-order valence-electron chi connectivity index (χ3n) is 6.84. The highest BCUT2D eigenvalue weighted by Crippen LogP contribution is 2.53. The van der Waals surface area contributed by atoms with Gasteiger partial charge in [0.2, 0.25) is 5.91 Å². The van der Waals surface area contributed by atoms with E-state index in [1.807, 2.05) is 11.8 Å². The van der Waals surface area contributed by atoms with E-state index >= 15 is 0 Å². The van der Waals surface area contributed by atoms with Crippen LogP contribution < -0.4 is 0 Å². The van der Waals surface area contributed by atoms with Crippen LogP contribution >= 0.6 is 0 Å². The maximum absolute atomic E-state index is 12.5. The van der Waals surface area contributed by atoms with Crippen molar-refractivity contribution in [3.8, 4) is 0 Å². The molecule has 1 heterocycles. The first-order chi connectivity index (χ1) is 11.8. The molecule has 1 aromatic carbocycles. The van der Waals surface area contributed by atoms with E-state index in [9.17, 15) is 9.90 Å². The zero-order chi connectivity index (χ0) is 17.8. The summed E-state index contributed by atoms with van der Waals surface area (Å²) in [5, 5.41) is 9.86. The van der Waals surface area contributed by atoms with Crippen LogP contribution in [0.25, 0.3) is 0 Å². The van der Waals surface area contributed by atoms with Crippen molar-refractivity contribution in [2.75, 3.05) is 13.1 Å². The van der Waals surface area contributed by atoms with Crippen LogP contribution in [0.4, 0.5) is 0 Å². The van der Waals surface area contributed by atoms with Crippen molar-refractivity contribution in [3.63, 3.8) is 0 Å². The number of rotatable bonds is 3. The van der Waals surface area contributed by atoms with Gasteiger partial charge in [-0.1, -0.05) is 38.1 Å². The fourth-order valence-electron chi connectivity index (χ4n) is 5.30. The Labute approximate surface area is 151 Å². The number of likely N-dealkylation sites (tertiary alicyclic amines) is 1. The molecule has 136 valence electrons. The van der Waals surface area contributed by atoms with Crippen molar-refractivity contribution in [1.29, 1.82) is 0 Å². The molecule has 1 spiro atoms. The van der Waals surface area contributed by atoms with Gasteiger partial charge in [-0.25, -0.2) is 0 Å². The molecule has 0 aromatic heterocycles. The van der Waals surface area contributed by atoms with Gasteiger partial charge in [0.25, 0.3) is 0 Å². The minimum absolute atomic E-state index is 0.0623. The fraction of sp³-hybridized carbons (Fsp3) is 0.682. The average Bonchev–Trinajstić information content (AvgIpc) is 2.96. The second-order valence-corrected chi connectivity index (χ2v) is 9.56. The Kier molecular flexibility index (Phi) is 3.99. The second-order valence-electron chi connectivity index (χ2n) is 9.56. The smallest absolute Gasteiger partial charge is 0.225 e. The highest BCUT2D eigenvalue weighted by Gasteiger charge is 2.53. The predicted molar refractivity (Wildman–Crippen MR) is 99.5 cm³/mol. The lowest BCUT2D eigenvalue weighted by Crippen LogP contribution is -2.61. The molecule has 1 saturated heterocycles. The van der Waals surface area contributed by atoms with Crippen molar-refractivity contribution in [3.05, 3.63) is 35.4 Å². The van der Waals surface area contributed by atoms with Gasteiger partial charge in [-0.15, -0.1) is 0 Å². The first-order valence-corrected chi connectivity index (χ1v) is 9.88. The lowest BCUT2D eigenvalue weighted by Gasteiger charge is -2.52. The van der Waals surface area contributed by atoms with Gasteiger partial charge in [-0.2, -0.15) is 0 Å². The molecule has 1 atom stereocenters. The molecular formula is C22H31NO2. The highest BCUT2D eigenvalue weighted by atomic mass is 16.3. The topological polar surface area (TPSA) is 40.5 Å². The van der Waals surface area contributed by atoms with Gasteiger partial charge < -0.3 is 10.0 Å². The Morgan fingerprint density at radius 3 is 2.60 bits per heavy atom. The maximum atomic E-state index is 12.5. The van der Waals surface area contributed by atoms with Crippen LogP contribution in [0.1, 0.15) is 75.8 Å². The predicted octanol–water partition coefficient (Wildman–Crippen LogP) is 4.07. The van der Waals surface area contributed by atoms with E-state index in [0.29, 0.717) is 30.1 Å². The number of benzene rings is 1. The SMILES string of the molecule is CC(C)c1cccc([C@@H]2CCC3(C2)CN(C(=O)C2CC(C)(O)C2)C3)c1. The molecule has 3 heteroatoms. The molecule has 1 aliphatic heterocycles. The monoisotopic (exact) mass is 341 g/mol. The van der Waals surface area contributed by atoms with Crippen LogP contribution in [0.2, 0.25) is 0 Å². The van der Waals surface area contributed by atoms with Gasteiger partial charge in [0.05, 0.1) is 5.60 Å². The van der Waals surface area contributed by atoms with E-state index in [4.69, 9.17) is 0 Å². The Morgan fingerprint density at radius 1 is 1.24 bits per heavy atom. The van der Waals surface area contributed by atoms with Gasteiger partial charge in [-0.05, 0) is 62.0 Å². The molecule has 0 bridgehead atoms. The first kappa shape index (κ1) is 17.1. The van der Waals surface area contributed by atoms with Gasteiger partial charge >= 0.3 is 0 Å². The summed E-state index contributed by atoms with van der Waals surface area (Å²) in [5.41, 5.74) is 2.67. The highest BCUT2D eigenvalue weighted by molar-refractivity contribution is 5.81. The van der Waals surface area contributed by atoms with Crippen LogP contribution in [-0.2, 0) is 4.79 Å². The molecule has 1 N–H and O–H groups in total. The molecule has 3 aliphatic rings. The van der Waals surface area contributed by atoms with Crippen LogP contribution in [0, 0.1) is 11.3 Å². The molecule has 0 unspecified atom stereocenters. The van der Waals surface area contributed by atoms with E-state index in [2.05, 4.69) is 38.1 Å². The third-order valence-corrected chi connectivity index (χ3v) is 6.84. The zero-order valence-corrected chi connectivity index (χ0v) is 15.8. The molecule has 3 fully saturated rings. The van der Waals surface area contributed by atoms with Gasteiger partial charge in [0.1, 0.15) is 0 Å². The van der Waals surface area contributed by atoms with Gasteiger partial charge in [0.15, 0.2) is 0 Å². The molecule has 2 saturated carbocycles. The van der Waals surface area contributed by atoms with Crippen molar-refractivity contribution < 1.29 is 9.90 Å². The molecule has 2 aliphatic carbocycles. The fourth-order valence-corrected chi connectivity index (χ4v) is 5.30. The summed E-state index contributed by atoms with van der Waals surface area (Å²) in [6, 6.07) is 9.12. The Balaban J connectivity index is 1.35. The number of aliphatic hydroxyl groups is 1. The number of carbonyl (C=O) groups excluding carboxylic acids is 1. The van der Waals surface area contributed by atoms with Crippen LogP contribution in [0.15, 0.2) is 24.3 Å². The molecular weight excluding hydrogens is 310 g/mol. The zero-order valence-electron chi connectivity index (χ0n) is 15.8. The summed E-state index contributed by atoms with van der Waals surface area (Å²) >= 11 is 0. The van der Waals surface area contributed by atoms with Crippen LogP contribution in [0.5, 0.6) is 0 Å². The number of hydrogen-bond acceptors (Lipinski definition) is 2. The largest absolute Gasteiger partial charge is 0.390 e. The van der Waals surface area contributed by atoms with E-state index in [-0.39, 0.29) is 11.8 Å². The summed E-state index contributed by atoms with van der Waals surface area (Å²) in [6.45, 7) is 8.21. The molecule has 1 aromatic rings. The lowest BCUT2D eigenvalue weighted by molar-refractivity contribution is -0.161. The molecule has 0 radical (unpaired) electrons. The summed E-state index contributed by atoms with van der Waals surface area (Å²) in [6.07, 6.45) is 5.00. The third kappa shape index (κ3) is 3.12. The lowest BCUT2D eigenvalue weighted by atomic mass is 9.69. The first-order valence-electron chi connectivity index (χ1n) is 9.88. The minimum atomic E-state index is -0.608. The van der Waals surface area contributed by atoms with Crippen LogP contribution in [0.3, 0.4) is 0 Å². The standard InChI is InChI=1S/C22H31NO2/c1-15(2)16-5-4-6-17(9-16)18-7-8-22(12-18)13-23(14-22)20(24)19-10-21(3,25)11-19/h4-6,9,15,18-19,25H,7-8,10-14H2,1-3H3/t18-,19?,21?/m1/s1. The summed E-state index contributed by atoms with van der Waals surface area (Å²) in [5.74, 6) is 1.57.